The minimum atomic E-state index is -0.276. The zero-order valence-corrected chi connectivity index (χ0v) is 9.11. The first-order valence-electron chi connectivity index (χ1n) is 4.56. The van der Waals surface area contributed by atoms with E-state index in [-0.39, 0.29) is 29.9 Å². The van der Waals surface area contributed by atoms with E-state index in [4.69, 9.17) is 16.7 Å². The van der Waals surface area contributed by atoms with Crippen molar-refractivity contribution in [3.63, 3.8) is 0 Å². The predicted octanol–water partition coefficient (Wildman–Crippen LogP) is 0.584. The smallest absolute Gasteiger partial charge is 0.274 e. The number of rotatable bonds is 4. The normalized spacial score (nSPS) is 10.1. The van der Waals surface area contributed by atoms with Crippen molar-refractivity contribution in [3.8, 4) is 0 Å². The van der Waals surface area contributed by atoms with Gasteiger partial charge in [-0.1, -0.05) is 11.6 Å². The molecular formula is C9H12ClN3O2. The number of aliphatic hydroxyl groups is 1. The largest absolute Gasteiger partial charge is 0.395 e. The van der Waals surface area contributed by atoms with E-state index in [9.17, 15) is 4.79 Å². The lowest BCUT2D eigenvalue weighted by atomic mass is 10.3. The Hall–Kier alpha value is -1.20. The molecule has 1 rings (SSSR count). The fourth-order valence-electron chi connectivity index (χ4n) is 1.13. The molecular weight excluding hydrogens is 218 g/mol. The van der Waals surface area contributed by atoms with Crippen LogP contribution in [0.15, 0.2) is 12.4 Å². The van der Waals surface area contributed by atoms with Crippen LogP contribution in [-0.4, -0.2) is 45.6 Å². The summed E-state index contributed by atoms with van der Waals surface area (Å²) in [5, 5.41) is 8.94. The number of halogens is 1. The molecule has 1 aromatic rings. The van der Waals surface area contributed by atoms with Crippen molar-refractivity contribution < 1.29 is 9.90 Å². The molecule has 0 aromatic carbocycles. The Bertz CT molecular complexity index is 346. The molecule has 0 atom stereocenters. The van der Waals surface area contributed by atoms with Gasteiger partial charge in [-0.2, -0.15) is 0 Å². The van der Waals surface area contributed by atoms with Gasteiger partial charge in [0.15, 0.2) is 0 Å². The van der Waals surface area contributed by atoms with Gasteiger partial charge < -0.3 is 10.0 Å². The van der Waals surface area contributed by atoms with Crippen LogP contribution < -0.4 is 0 Å². The van der Waals surface area contributed by atoms with Gasteiger partial charge in [-0.05, 0) is 6.92 Å². The molecule has 1 amide bonds. The van der Waals surface area contributed by atoms with Crippen LogP contribution >= 0.6 is 11.6 Å². The van der Waals surface area contributed by atoms with Gasteiger partial charge in [-0.3, -0.25) is 9.78 Å². The van der Waals surface area contributed by atoms with Crippen molar-refractivity contribution in [1.29, 1.82) is 0 Å². The molecule has 0 unspecified atom stereocenters. The number of amides is 1. The van der Waals surface area contributed by atoms with E-state index in [1.807, 2.05) is 6.92 Å². The highest BCUT2D eigenvalue weighted by molar-refractivity contribution is 6.29. The second-order valence-electron chi connectivity index (χ2n) is 2.84. The zero-order valence-electron chi connectivity index (χ0n) is 8.35. The van der Waals surface area contributed by atoms with Crippen molar-refractivity contribution in [2.45, 2.75) is 6.92 Å². The molecule has 1 aromatic heterocycles. The molecule has 0 radical (unpaired) electrons. The summed E-state index contributed by atoms with van der Waals surface area (Å²) in [5.74, 6) is -0.276. The van der Waals surface area contributed by atoms with E-state index >= 15 is 0 Å². The number of carbonyl (C=O) groups is 1. The van der Waals surface area contributed by atoms with E-state index in [0.717, 1.165) is 0 Å². The highest BCUT2D eigenvalue weighted by Gasteiger charge is 2.15. The van der Waals surface area contributed by atoms with Gasteiger partial charge in [-0.15, -0.1) is 0 Å². The van der Waals surface area contributed by atoms with Gasteiger partial charge in [0.25, 0.3) is 5.91 Å². The summed E-state index contributed by atoms with van der Waals surface area (Å²) < 4.78 is 0. The summed E-state index contributed by atoms with van der Waals surface area (Å²) in [6.45, 7) is 2.54. The summed E-state index contributed by atoms with van der Waals surface area (Å²) in [6, 6.07) is 0. The third-order valence-corrected chi connectivity index (χ3v) is 2.05. The van der Waals surface area contributed by atoms with Crippen LogP contribution in [0.2, 0.25) is 5.15 Å². The Balaban J connectivity index is 2.82. The van der Waals surface area contributed by atoms with E-state index in [1.165, 1.54) is 17.3 Å². The summed E-state index contributed by atoms with van der Waals surface area (Å²) in [5.41, 5.74) is 0.192. The molecule has 0 aliphatic heterocycles. The van der Waals surface area contributed by atoms with Gasteiger partial charge in [0, 0.05) is 13.1 Å². The van der Waals surface area contributed by atoms with Crippen LogP contribution in [-0.2, 0) is 0 Å². The number of aromatic nitrogens is 2. The zero-order chi connectivity index (χ0) is 11.3. The highest BCUT2D eigenvalue weighted by atomic mass is 35.5. The number of hydrogen-bond donors (Lipinski definition) is 1. The standard InChI is InChI=1S/C9H12ClN3O2/c1-2-13(3-4-14)9(15)7-5-11-6-8(10)12-7/h5-6,14H,2-4H2,1H3. The Kier molecular flexibility index (Phi) is 4.45. The minimum absolute atomic E-state index is 0.0758. The van der Waals surface area contributed by atoms with Gasteiger partial charge in [0.2, 0.25) is 0 Å². The molecule has 15 heavy (non-hydrogen) atoms. The molecule has 0 aliphatic rings. The fraction of sp³-hybridized carbons (Fsp3) is 0.444. The molecule has 0 aliphatic carbocycles. The second-order valence-corrected chi connectivity index (χ2v) is 3.22. The average Bonchev–Trinajstić information content (AvgIpc) is 2.25. The fourth-order valence-corrected chi connectivity index (χ4v) is 1.28. The molecule has 0 fully saturated rings. The molecule has 82 valence electrons. The molecule has 1 heterocycles. The molecule has 0 bridgehead atoms. The SMILES string of the molecule is CCN(CCO)C(=O)c1cncc(Cl)n1. The lowest BCUT2D eigenvalue weighted by Gasteiger charge is -2.18. The van der Waals surface area contributed by atoms with E-state index in [0.29, 0.717) is 6.54 Å². The topological polar surface area (TPSA) is 66.3 Å². The van der Waals surface area contributed by atoms with Crippen LogP contribution in [0.4, 0.5) is 0 Å². The van der Waals surface area contributed by atoms with Gasteiger partial charge in [0.05, 0.1) is 19.0 Å². The molecule has 5 nitrogen and oxygen atoms in total. The first-order chi connectivity index (χ1) is 7.19. The number of nitrogens with zero attached hydrogens (tertiary/aromatic N) is 3. The molecule has 0 saturated carbocycles. The number of likely N-dealkylation sites (N-methyl/N-ethyl adjacent to an activating group) is 1. The van der Waals surface area contributed by atoms with E-state index in [2.05, 4.69) is 9.97 Å². The maximum absolute atomic E-state index is 11.8. The van der Waals surface area contributed by atoms with Gasteiger partial charge >= 0.3 is 0 Å². The quantitative estimate of drug-likeness (QED) is 0.821. The summed E-state index contributed by atoms with van der Waals surface area (Å²) in [4.78, 5) is 20.9. The van der Waals surface area contributed by atoms with Crippen molar-refractivity contribution in [2.24, 2.45) is 0 Å². The van der Waals surface area contributed by atoms with Gasteiger partial charge in [0.1, 0.15) is 10.8 Å². The Morgan fingerprint density at radius 2 is 2.33 bits per heavy atom. The Morgan fingerprint density at radius 1 is 1.60 bits per heavy atom. The lowest BCUT2D eigenvalue weighted by molar-refractivity contribution is 0.0725. The third-order valence-electron chi connectivity index (χ3n) is 1.86. The van der Waals surface area contributed by atoms with Crippen LogP contribution in [0, 0.1) is 0 Å². The molecule has 0 saturated heterocycles. The number of hydrogen-bond acceptors (Lipinski definition) is 4. The summed E-state index contributed by atoms with van der Waals surface area (Å²) in [6.07, 6.45) is 2.72. The Labute approximate surface area is 92.7 Å². The first kappa shape index (κ1) is 11.9. The molecule has 6 heteroatoms. The maximum Gasteiger partial charge on any atom is 0.274 e. The van der Waals surface area contributed by atoms with Crippen LogP contribution in [0.3, 0.4) is 0 Å². The second kappa shape index (κ2) is 5.63. The van der Waals surface area contributed by atoms with Crippen molar-refractivity contribution in [2.75, 3.05) is 19.7 Å². The average molecular weight is 230 g/mol. The van der Waals surface area contributed by atoms with Crippen LogP contribution in [0.1, 0.15) is 17.4 Å². The van der Waals surface area contributed by atoms with Gasteiger partial charge in [-0.25, -0.2) is 4.98 Å². The van der Waals surface area contributed by atoms with Crippen molar-refractivity contribution in [3.05, 3.63) is 23.2 Å². The third kappa shape index (κ3) is 3.14. The summed E-state index contributed by atoms with van der Waals surface area (Å²) in [7, 11) is 0. The lowest BCUT2D eigenvalue weighted by Crippen LogP contribution is -2.33. The van der Waals surface area contributed by atoms with Crippen molar-refractivity contribution >= 4 is 17.5 Å². The number of carbonyl (C=O) groups excluding carboxylic acids is 1. The minimum Gasteiger partial charge on any atom is -0.395 e. The number of aliphatic hydroxyl groups excluding tert-OH is 1. The molecule has 0 spiro atoms. The first-order valence-corrected chi connectivity index (χ1v) is 4.94. The van der Waals surface area contributed by atoms with Crippen LogP contribution in [0.25, 0.3) is 0 Å². The van der Waals surface area contributed by atoms with Crippen LogP contribution in [0.5, 0.6) is 0 Å². The predicted molar refractivity (Wildman–Crippen MR) is 55.7 cm³/mol. The maximum atomic E-state index is 11.8. The molecule has 1 N–H and O–H groups in total. The van der Waals surface area contributed by atoms with Crippen molar-refractivity contribution in [1.82, 2.24) is 14.9 Å². The summed E-state index contributed by atoms with van der Waals surface area (Å²) >= 11 is 5.62. The monoisotopic (exact) mass is 229 g/mol. The van der Waals surface area contributed by atoms with E-state index in [1.54, 1.807) is 0 Å². The Morgan fingerprint density at radius 3 is 2.87 bits per heavy atom. The highest BCUT2D eigenvalue weighted by Crippen LogP contribution is 2.05. The van der Waals surface area contributed by atoms with E-state index < -0.39 is 0 Å².